The molecule has 0 bridgehead atoms. The second-order valence-electron chi connectivity index (χ2n) is 5.55. The van der Waals surface area contributed by atoms with Gasteiger partial charge in [-0.3, -0.25) is 0 Å². The first-order valence-electron chi connectivity index (χ1n) is 6.72. The third-order valence-electron chi connectivity index (χ3n) is 3.36. The van der Waals surface area contributed by atoms with E-state index in [0.29, 0.717) is 5.89 Å². The number of aliphatic hydroxyl groups excluding tert-OH is 1. The number of aromatic nitrogens is 1. The van der Waals surface area contributed by atoms with E-state index in [1.165, 1.54) is 5.56 Å². The summed E-state index contributed by atoms with van der Waals surface area (Å²) in [7, 11) is 0. The maximum Gasteiger partial charge on any atom is 0.192 e. The standard InChI is InChI=1S/C15H22N2O2/c1-11-17-13-6-5-12(9-14(13)19-11)15(2,3)10-16-7-4-8-18/h5-6,9,16,18H,4,7-8,10H2,1-3H3. The molecule has 1 aromatic heterocycles. The van der Waals surface area contributed by atoms with Crippen molar-refractivity contribution in [1.82, 2.24) is 10.3 Å². The Bertz CT molecular complexity index is 546. The van der Waals surface area contributed by atoms with Crippen molar-refractivity contribution >= 4 is 11.1 Å². The Morgan fingerprint density at radius 1 is 1.37 bits per heavy atom. The van der Waals surface area contributed by atoms with Crippen LogP contribution in [0.3, 0.4) is 0 Å². The second kappa shape index (κ2) is 5.72. The smallest absolute Gasteiger partial charge is 0.192 e. The highest BCUT2D eigenvalue weighted by molar-refractivity contribution is 5.73. The summed E-state index contributed by atoms with van der Waals surface area (Å²) in [6.07, 6.45) is 0.788. The van der Waals surface area contributed by atoms with Crippen molar-refractivity contribution in [3.63, 3.8) is 0 Å². The minimum absolute atomic E-state index is 0.0182. The largest absolute Gasteiger partial charge is 0.441 e. The quantitative estimate of drug-likeness (QED) is 0.785. The van der Waals surface area contributed by atoms with E-state index in [-0.39, 0.29) is 12.0 Å². The molecular formula is C15H22N2O2. The van der Waals surface area contributed by atoms with E-state index in [0.717, 1.165) is 30.6 Å². The number of hydrogen-bond donors (Lipinski definition) is 2. The van der Waals surface area contributed by atoms with E-state index < -0.39 is 0 Å². The first kappa shape index (κ1) is 14.0. The van der Waals surface area contributed by atoms with Gasteiger partial charge in [0.25, 0.3) is 0 Å². The van der Waals surface area contributed by atoms with Gasteiger partial charge in [-0.25, -0.2) is 4.98 Å². The van der Waals surface area contributed by atoms with Crippen LogP contribution < -0.4 is 5.32 Å². The van der Waals surface area contributed by atoms with Crippen LogP contribution in [-0.2, 0) is 5.41 Å². The summed E-state index contributed by atoms with van der Waals surface area (Å²) < 4.78 is 5.58. The summed E-state index contributed by atoms with van der Waals surface area (Å²) >= 11 is 0. The van der Waals surface area contributed by atoms with Crippen LogP contribution >= 0.6 is 0 Å². The number of nitrogens with one attached hydrogen (secondary N) is 1. The number of benzene rings is 1. The average Bonchev–Trinajstić information content (AvgIpc) is 2.73. The third kappa shape index (κ3) is 3.33. The van der Waals surface area contributed by atoms with Crippen LogP contribution in [0, 0.1) is 6.92 Å². The van der Waals surface area contributed by atoms with Gasteiger partial charge in [-0.2, -0.15) is 0 Å². The molecule has 2 rings (SSSR count). The molecule has 0 aliphatic heterocycles. The van der Waals surface area contributed by atoms with Gasteiger partial charge in [-0.15, -0.1) is 0 Å². The lowest BCUT2D eigenvalue weighted by molar-refractivity contribution is 0.284. The molecule has 0 saturated carbocycles. The van der Waals surface area contributed by atoms with Crippen LogP contribution in [-0.4, -0.2) is 29.8 Å². The van der Waals surface area contributed by atoms with Gasteiger partial charge < -0.3 is 14.8 Å². The molecule has 2 N–H and O–H groups in total. The van der Waals surface area contributed by atoms with E-state index in [1.807, 2.05) is 13.0 Å². The molecule has 1 heterocycles. The van der Waals surface area contributed by atoms with Crippen molar-refractivity contribution in [2.24, 2.45) is 0 Å². The zero-order valence-electron chi connectivity index (χ0n) is 11.9. The number of hydrogen-bond acceptors (Lipinski definition) is 4. The number of aryl methyl sites for hydroxylation is 1. The van der Waals surface area contributed by atoms with Gasteiger partial charge in [-0.1, -0.05) is 19.9 Å². The zero-order valence-corrected chi connectivity index (χ0v) is 11.9. The number of fused-ring (bicyclic) bond motifs is 1. The van der Waals surface area contributed by atoms with Crippen LogP contribution in [0.4, 0.5) is 0 Å². The summed E-state index contributed by atoms with van der Waals surface area (Å²) in [4.78, 5) is 4.31. The highest BCUT2D eigenvalue weighted by atomic mass is 16.3. The van der Waals surface area contributed by atoms with E-state index in [4.69, 9.17) is 9.52 Å². The van der Waals surface area contributed by atoms with Crippen molar-refractivity contribution in [3.05, 3.63) is 29.7 Å². The molecule has 0 unspecified atom stereocenters. The molecule has 4 heteroatoms. The molecule has 19 heavy (non-hydrogen) atoms. The molecule has 0 radical (unpaired) electrons. The number of oxazole rings is 1. The van der Waals surface area contributed by atoms with Crippen molar-refractivity contribution in [2.75, 3.05) is 19.7 Å². The molecule has 0 saturated heterocycles. The van der Waals surface area contributed by atoms with Crippen LogP contribution in [0.15, 0.2) is 22.6 Å². The van der Waals surface area contributed by atoms with E-state index in [9.17, 15) is 0 Å². The maximum atomic E-state index is 8.77. The lowest BCUT2D eigenvalue weighted by atomic mass is 9.84. The molecule has 0 amide bonds. The van der Waals surface area contributed by atoms with Crippen LogP contribution in [0.2, 0.25) is 0 Å². The summed E-state index contributed by atoms with van der Waals surface area (Å²) in [5, 5.41) is 12.1. The summed E-state index contributed by atoms with van der Waals surface area (Å²) in [5.41, 5.74) is 3.00. The predicted octanol–water partition coefficient (Wildman–Crippen LogP) is 2.39. The Labute approximate surface area is 113 Å². The highest BCUT2D eigenvalue weighted by Crippen LogP contribution is 2.26. The van der Waals surface area contributed by atoms with Crippen molar-refractivity contribution in [1.29, 1.82) is 0 Å². The first-order valence-corrected chi connectivity index (χ1v) is 6.72. The Balaban J connectivity index is 2.12. The molecule has 0 fully saturated rings. The van der Waals surface area contributed by atoms with E-state index in [1.54, 1.807) is 0 Å². The fourth-order valence-corrected chi connectivity index (χ4v) is 2.17. The molecule has 0 atom stereocenters. The SMILES string of the molecule is Cc1nc2ccc(C(C)(C)CNCCCO)cc2o1. The van der Waals surface area contributed by atoms with Crippen LogP contribution in [0.25, 0.3) is 11.1 Å². The van der Waals surface area contributed by atoms with Crippen molar-refractivity contribution < 1.29 is 9.52 Å². The van der Waals surface area contributed by atoms with Gasteiger partial charge in [0.1, 0.15) is 5.52 Å². The Hall–Kier alpha value is -1.39. The zero-order chi connectivity index (χ0) is 13.9. The maximum absolute atomic E-state index is 8.77. The predicted molar refractivity (Wildman–Crippen MR) is 76.3 cm³/mol. The van der Waals surface area contributed by atoms with Gasteiger partial charge in [0, 0.05) is 25.5 Å². The minimum atomic E-state index is 0.0182. The summed E-state index contributed by atoms with van der Waals surface area (Å²) in [6, 6.07) is 6.19. The molecule has 2 aromatic rings. The van der Waals surface area contributed by atoms with Gasteiger partial charge in [0.2, 0.25) is 0 Å². The molecule has 104 valence electrons. The third-order valence-corrected chi connectivity index (χ3v) is 3.36. The van der Waals surface area contributed by atoms with Crippen molar-refractivity contribution in [3.8, 4) is 0 Å². The summed E-state index contributed by atoms with van der Waals surface area (Å²) in [5.74, 6) is 0.700. The second-order valence-corrected chi connectivity index (χ2v) is 5.55. The molecule has 0 aliphatic rings. The molecule has 4 nitrogen and oxygen atoms in total. The lowest BCUT2D eigenvalue weighted by Crippen LogP contribution is -2.33. The first-order chi connectivity index (χ1) is 9.03. The topological polar surface area (TPSA) is 58.3 Å². The van der Waals surface area contributed by atoms with Gasteiger partial charge in [0.05, 0.1) is 0 Å². The van der Waals surface area contributed by atoms with Gasteiger partial charge in [-0.05, 0) is 30.7 Å². The average molecular weight is 262 g/mol. The molecule has 1 aromatic carbocycles. The Morgan fingerprint density at radius 3 is 2.89 bits per heavy atom. The fourth-order valence-electron chi connectivity index (χ4n) is 2.17. The molecule has 0 aliphatic carbocycles. The fraction of sp³-hybridized carbons (Fsp3) is 0.533. The number of rotatable bonds is 6. The molecule has 0 spiro atoms. The van der Waals surface area contributed by atoms with Crippen LogP contribution in [0.5, 0.6) is 0 Å². The number of nitrogens with zero attached hydrogens (tertiary/aromatic N) is 1. The van der Waals surface area contributed by atoms with Crippen molar-refractivity contribution in [2.45, 2.75) is 32.6 Å². The number of aliphatic hydroxyl groups is 1. The summed E-state index contributed by atoms with van der Waals surface area (Å²) in [6.45, 7) is 8.19. The Kier molecular flexibility index (Phi) is 4.22. The monoisotopic (exact) mass is 262 g/mol. The van der Waals surface area contributed by atoms with Gasteiger partial charge in [0.15, 0.2) is 11.5 Å². The van der Waals surface area contributed by atoms with E-state index in [2.05, 4.69) is 36.3 Å². The normalized spacial score (nSPS) is 12.2. The minimum Gasteiger partial charge on any atom is -0.441 e. The Morgan fingerprint density at radius 2 is 2.16 bits per heavy atom. The van der Waals surface area contributed by atoms with Crippen LogP contribution in [0.1, 0.15) is 31.7 Å². The molecular weight excluding hydrogens is 240 g/mol. The highest BCUT2D eigenvalue weighted by Gasteiger charge is 2.21. The van der Waals surface area contributed by atoms with E-state index >= 15 is 0 Å². The van der Waals surface area contributed by atoms with Gasteiger partial charge >= 0.3 is 0 Å². The lowest BCUT2D eigenvalue weighted by Gasteiger charge is -2.25.